The zero-order chi connectivity index (χ0) is 24.6. The maximum atomic E-state index is 12.1. The van der Waals surface area contributed by atoms with Crippen molar-refractivity contribution in [3.05, 3.63) is 121 Å². The van der Waals surface area contributed by atoms with Crippen molar-refractivity contribution in [2.24, 2.45) is 0 Å². The van der Waals surface area contributed by atoms with Crippen LogP contribution in [0.2, 0.25) is 0 Å². The molecule has 4 aromatic rings. The summed E-state index contributed by atoms with van der Waals surface area (Å²) < 4.78 is 36.3. The third kappa shape index (κ3) is 8.17. The molecule has 4 rings (SSSR count). The van der Waals surface area contributed by atoms with Gasteiger partial charge in [-0.15, -0.1) is 0 Å². The summed E-state index contributed by atoms with van der Waals surface area (Å²) in [6, 6.07) is 27.0. The van der Waals surface area contributed by atoms with Crippen LogP contribution in [0.5, 0.6) is 0 Å². The van der Waals surface area contributed by atoms with Gasteiger partial charge in [-0.2, -0.15) is 0 Å². The van der Waals surface area contributed by atoms with E-state index in [2.05, 4.69) is 43.1 Å². The molecule has 0 aliphatic carbocycles. The van der Waals surface area contributed by atoms with Gasteiger partial charge in [-0.05, 0) is 73.7 Å². The van der Waals surface area contributed by atoms with Crippen LogP contribution in [0.3, 0.4) is 0 Å². The summed E-state index contributed by atoms with van der Waals surface area (Å²) in [4.78, 5) is 3.67. The SMILES string of the molecule is CCc1ccccc1P(c1ccccc1CC)c1cc(C)ccc1S(=O)(=O)[O-].[CH3-].[Pd+2].c1ccncc1. The molecule has 0 aliphatic rings. The predicted octanol–water partition coefficient (Wildman–Crippen LogP) is 5.31. The molecule has 1 aromatic heterocycles. The van der Waals surface area contributed by atoms with E-state index in [1.165, 1.54) is 17.2 Å². The molecule has 7 heteroatoms. The summed E-state index contributed by atoms with van der Waals surface area (Å²) in [5.41, 5.74) is 3.29. The van der Waals surface area contributed by atoms with Gasteiger partial charge in [-0.3, -0.25) is 4.98 Å². The van der Waals surface area contributed by atoms with Crippen molar-refractivity contribution < 1.29 is 33.4 Å². The van der Waals surface area contributed by atoms with E-state index in [4.69, 9.17) is 0 Å². The van der Waals surface area contributed by atoms with Crippen LogP contribution in [0.1, 0.15) is 30.5 Å². The molecule has 0 saturated heterocycles. The van der Waals surface area contributed by atoms with Gasteiger partial charge in [0.2, 0.25) is 0 Å². The van der Waals surface area contributed by atoms with Gasteiger partial charge in [0.25, 0.3) is 0 Å². The number of benzene rings is 3. The van der Waals surface area contributed by atoms with Crippen LogP contribution in [0.15, 0.2) is 102 Å². The van der Waals surface area contributed by atoms with Gasteiger partial charge >= 0.3 is 20.4 Å². The Morgan fingerprint density at radius 1 is 0.750 bits per heavy atom. The first kappa shape index (κ1) is 31.8. The van der Waals surface area contributed by atoms with Crippen LogP contribution >= 0.6 is 7.92 Å². The first-order chi connectivity index (χ1) is 16.4. The number of aryl methyl sites for hydroxylation is 3. The molecular weight excluding hydrogens is 580 g/mol. The Morgan fingerprint density at radius 3 is 1.64 bits per heavy atom. The van der Waals surface area contributed by atoms with Crippen LogP contribution in [-0.2, 0) is 43.4 Å². The van der Waals surface area contributed by atoms with E-state index in [0.717, 1.165) is 29.0 Å². The van der Waals surface area contributed by atoms with E-state index < -0.39 is 18.0 Å². The molecule has 0 N–H and O–H groups in total. The monoisotopic (exact) mass is 611 g/mol. The van der Waals surface area contributed by atoms with Crippen LogP contribution in [0.4, 0.5) is 0 Å². The first-order valence-corrected chi connectivity index (χ1v) is 14.0. The summed E-state index contributed by atoms with van der Waals surface area (Å²) in [7, 11) is -5.76. The van der Waals surface area contributed by atoms with Crippen molar-refractivity contribution in [3.63, 3.8) is 0 Å². The quantitative estimate of drug-likeness (QED) is 0.128. The molecule has 0 saturated carbocycles. The van der Waals surface area contributed by atoms with Crippen LogP contribution < -0.4 is 15.9 Å². The Morgan fingerprint density at radius 2 is 1.25 bits per heavy atom. The van der Waals surface area contributed by atoms with E-state index in [0.29, 0.717) is 5.30 Å². The van der Waals surface area contributed by atoms with Gasteiger partial charge in [0.1, 0.15) is 10.1 Å². The maximum absolute atomic E-state index is 12.1. The molecule has 0 aliphatic heterocycles. The molecule has 36 heavy (non-hydrogen) atoms. The fourth-order valence-corrected chi connectivity index (χ4v) is 7.85. The van der Waals surface area contributed by atoms with Gasteiger partial charge in [0, 0.05) is 17.7 Å². The van der Waals surface area contributed by atoms with Gasteiger partial charge in [0.05, 0.1) is 4.90 Å². The second kappa shape index (κ2) is 15.2. The number of rotatable bonds is 6. The molecule has 3 aromatic carbocycles. The zero-order valence-corrected chi connectivity index (χ0v) is 24.3. The first-order valence-electron chi connectivity index (χ1n) is 11.2. The molecule has 0 bridgehead atoms. The fourth-order valence-electron chi connectivity index (χ4n) is 3.77. The maximum Gasteiger partial charge on any atom is 2.00 e. The van der Waals surface area contributed by atoms with E-state index in [9.17, 15) is 13.0 Å². The van der Waals surface area contributed by atoms with Crippen molar-refractivity contribution >= 4 is 34.0 Å². The van der Waals surface area contributed by atoms with Crippen molar-refractivity contribution in [1.29, 1.82) is 0 Å². The molecule has 0 spiro atoms. The summed E-state index contributed by atoms with van der Waals surface area (Å²) in [6.07, 6.45) is 5.18. The standard InChI is InChI=1S/C23H25O3PS.C5H5N.CH3.Pd/c1-4-18-10-6-8-12-20(18)27(21-13-9-7-11-19(21)5-2)22-16-17(3)14-15-23(22)28(24,25)26;1-2-4-6-5-3-1;;/h6-16H,4-5H2,1-3H3,(H,24,25,26);1-5H;1H3;/q;;-1;+2/p-1. The van der Waals surface area contributed by atoms with Gasteiger partial charge in [-0.25, -0.2) is 8.42 Å². The number of nitrogens with zero attached hydrogens (tertiary/aromatic N) is 1. The molecule has 0 atom stereocenters. The molecule has 0 radical (unpaired) electrons. The topological polar surface area (TPSA) is 70.1 Å². The number of aromatic nitrogens is 1. The summed E-state index contributed by atoms with van der Waals surface area (Å²) in [6.45, 7) is 6.12. The van der Waals surface area contributed by atoms with Crippen molar-refractivity contribution in [2.45, 2.75) is 38.5 Å². The fraction of sp³-hybridized carbons (Fsp3) is 0.172. The summed E-state index contributed by atoms with van der Waals surface area (Å²) in [5, 5.41) is 2.83. The van der Waals surface area contributed by atoms with E-state index in [1.807, 2.05) is 55.5 Å². The predicted molar refractivity (Wildman–Crippen MR) is 147 cm³/mol. The molecule has 1 heterocycles. The molecule has 4 nitrogen and oxygen atoms in total. The molecular formula is C29H32NO3PPdS. The Kier molecular flexibility index (Phi) is 13.4. The third-order valence-electron chi connectivity index (χ3n) is 5.42. The second-order valence-electron chi connectivity index (χ2n) is 7.75. The molecule has 0 fully saturated rings. The van der Waals surface area contributed by atoms with Crippen molar-refractivity contribution in [3.8, 4) is 0 Å². The van der Waals surface area contributed by atoms with Crippen molar-refractivity contribution in [2.75, 3.05) is 0 Å². The third-order valence-corrected chi connectivity index (χ3v) is 9.15. The second-order valence-corrected chi connectivity index (χ2v) is 11.2. The van der Waals surface area contributed by atoms with Gasteiger partial charge in [0.15, 0.2) is 0 Å². The van der Waals surface area contributed by atoms with Crippen molar-refractivity contribution in [1.82, 2.24) is 4.98 Å². The average molecular weight is 612 g/mol. The Balaban J connectivity index is 0.000000711. The van der Waals surface area contributed by atoms with Gasteiger partial charge < -0.3 is 12.0 Å². The molecule has 0 unspecified atom stereocenters. The smallest absolute Gasteiger partial charge is 0.744 e. The van der Waals surface area contributed by atoms with Crippen LogP contribution in [0.25, 0.3) is 0 Å². The zero-order valence-electron chi connectivity index (χ0n) is 21.0. The largest absolute Gasteiger partial charge is 2.00 e. The Labute approximate surface area is 231 Å². The minimum atomic E-state index is -4.58. The summed E-state index contributed by atoms with van der Waals surface area (Å²) in [5.74, 6) is 0. The number of pyridine rings is 1. The number of hydrogen-bond donors (Lipinski definition) is 0. The minimum Gasteiger partial charge on any atom is -0.744 e. The van der Waals surface area contributed by atoms with Crippen LogP contribution in [-0.4, -0.2) is 18.0 Å². The van der Waals surface area contributed by atoms with Crippen LogP contribution in [0, 0.1) is 14.4 Å². The van der Waals surface area contributed by atoms with E-state index >= 15 is 0 Å². The molecule has 0 amide bonds. The molecule has 192 valence electrons. The Bertz CT molecular complexity index is 1260. The average Bonchev–Trinajstić information content (AvgIpc) is 2.85. The summed E-state index contributed by atoms with van der Waals surface area (Å²) >= 11 is 0. The van der Waals surface area contributed by atoms with Gasteiger partial charge in [-0.1, -0.05) is 80.1 Å². The normalized spacial score (nSPS) is 10.5. The van der Waals surface area contributed by atoms with E-state index in [1.54, 1.807) is 18.5 Å². The Hall–Kier alpha value is -2.19. The minimum absolute atomic E-state index is 0. The van der Waals surface area contributed by atoms with E-state index in [-0.39, 0.29) is 32.7 Å². The number of hydrogen-bond acceptors (Lipinski definition) is 4.